The Bertz CT molecular complexity index is 343. The Hall–Kier alpha value is -0.860. The van der Waals surface area contributed by atoms with Crippen LogP contribution in [0.2, 0.25) is 0 Å². The molecule has 2 heteroatoms. The summed E-state index contributed by atoms with van der Waals surface area (Å²) in [6.07, 6.45) is 6.96. The van der Waals surface area contributed by atoms with E-state index in [1.54, 1.807) is 0 Å². The molecule has 1 aliphatic carbocycles. The molecule has 0 spiro atoms. The minimum absolute atomic E-state index is 0.640. The Labute approximate surface area is 105 Å². The molecule has 0 aliphatic heterocycles. The van der Waals surface area contributed by atoms with Gasteiger partial charge in [0, 0.05) is 19.1 Å². The van der Waals surface area contributed by atoms with Gasteiger partial charge in [0.15, 0.2) is 0 Å². The largest absolute Gasteiger partial charge is 0.326 e. The van der Waals surface area contributed by atoms with Crippen LogP contribution >= 0.6 is 0 Å². The second-order valence-corrected chi connectivity index (χ2v) is 5.23. The molecule has 17 heavy (non-hydrogen) atoms. The van der Waals surface area contributed by atoms with Crippen molar-refractivity contribution in [3.05, 3.63) is 35.4 Å². The highest BCUT2D eigenvalue weighted by molar-refractivity contribution is 5.23. The fourth-order valence-corrected chi connectivity index (χ4v) is 2.79. The van der Waals surface area contributed by atoms with E-state index in [9.17, 15) is 0 Å². The van der Waals surface area contributed by atoms with E-state index in [0.29, 0.717) is 6.54 Å². The third-order valence-electron chi connectivity index (χ3n) is 3.86. The Balaban J connectivity index is 1.94. The smallest absolute Gasteiger partial charge is 0.0233 e. The molecule has 2 nitrogen and oxygen atoms in total. The van der Waals surface area contributed by atoms with Crippen LogP contribution in [0, 0.1) is 0 Å². The summed E-state index contributed by atoms with van der Waals surface area (Å²) in [7, 11) is 2.26. The minimum Gasteiger partial charge on any atom is -0.326 e. The zero-order chi connectivity index (χ0) is 12.1. The fraction of sp³-hybridized carbons (Fsp3) is 0.600. The molecule has 0 atom stereocenters. The average molecular weight is 232 g/mol. The first-order valence-electron chi connectivity index (χ1n) is 6.77. The van der Waals surface area contributed by atoms with Gasteiger partial charge in [-0.25, -0.2) is 0 Å². The molecule has 2 rings (SSSR count). The maximum Gasteiger partial charge on any atom is 0.0233 e. The van der Waals surface area contributed by atoms with Crippen LogP contribution in [0.25, 0.3) is 0 Å². The van der Waals surface area contributed by atoms with Gasteiger partial charge in [0.25, 0.3) is 0 Å². The van der Waals surface area contributed by atoms with E-state index in [1.807, 2.05) is 0 Å². The molecule has 94 valence electrons. The summed E-state index contributed by atoms with van der Waals surface area (Å²) >= 11 is 0. The first-order valence-corrected chi connectivity index (χ1v) is 6.77. The summed E-state index contributed by atoms with van der Waals surface area (Å²) < 4.78 is 0. The van der Waals surface area contributed by atoms with Crippen molar-refractivity contribution >= 4 is 0 Å². The lowest BCUT2D eigenvalue weighted by molar-refractivity contribution is 0.184. The molecular formula is C15H24N2. The normalized spacial score (nSPS) is 17.6. The van der Waals surface area contributed by atoms with Crippen LogP contribution < -0.4 is 5.73 Å². The average Bonchev–Trinajstić information content (AvgIpc) is 2.40. The Kier molecular flexibility index (Phi) is 4.57. The second kappa shape index (κ2) is 6.18. The number of rotatable bonds is 4. The number of nitrogens with two attached hydrogens (primary N) is 1. The van der Waals surface area contributed by atoms with Crippen molar-refractivity contribution in [2.75, 3.05) is 7.05 Å². The highest BCUT2D eigenvalue weighted by atomic mass is 15.1. The second-order valence-electron chi connectivity index (χ2n) is 5.23. The number of nitrogens with zero attached hydrogens (tertiary/aromatic N) is 1. The molecule has 0 amide bonds. The van der Waals surface area contributed by atoms with Gasteiger partial charge in [-0.1, -0.05) is 43.5 Å². The lowest BCUT2D eigenvalue weighted by Crippen LogP contribution is -2.32. The predicted molar refractivity (Wildman–Crippen MR) is 72.7 cm³/mol. The first kappa shape index (κ1) is 12.6. The first-order chi connectivity index (χ1) is 8.29. The number of benzene rings is 1. The van der Waals surface area contributed by atoms with Crippen LogP contribution in [0.15, 0.2) is 24.3 Å². The van der Waals surface area contributed by atoms with Gasteiger partial charge in [-0.3, -0.25) is 4.90 Å². The minimum atomic E-state index is 0.640. The number of hydrogen-bond donors (Lipinski definition) is 1. The van der Waals surface area contributed by atoms with Crippen LogP contribution in [-0.4, -0.2) is 18.0 Å². The predicted octanol–water partition coefficient (Wildman–Crippen LogP) is 2.91. The molecule has 1 aromatic carbocycles. The molecule has 0 saturated heterocycles. The molecule has 0 aromatic heterocycles. The molecule has 0 heterocycles. The molecule has 1 aromatic rings. The monoisotopic (exact) mass is 232 g/mol. The van der Waals surface area contributed by atoms with Crippen molar-refractivity contribution < 1.29 is 0 Å². The summed E-state index contributed by atoms with van der Waals surface area (Å²) in [5, 5.41) is 0. The van der Waals surface area contributed by atoms with Crippen molar-refractivity contribution in [1.29, 1.82) is 0 Å². The third kappa shape index (κ3) is 3.55. The van der Waals surface area contributed by atoms with Crippen molar-refractivity contribution in [3.63, 3.8) is 0 Å². The van der Waals surface area contributed by atoms with Gasteiger partial charge in [0.1, 0.15) is 0 Å². The zero-order valence-corrected chi connectivity index (χ0v) is 10.9. The van der Waals surface area contributed by atoms with Gasteiger partial charge < -0.3 is 5.73 Å². The molecule has 0 unspecified atom stereocenters. The standard InChI is InChI=1S/C15H24N2/c1-17(15-8-3-2-4-9-15)12-14-7-5-6-13(10-14)11-16/h5-7,10,15H,2-4,8-9,11-12,16H2,1H3. The molecule has 0 radical (unpaired) electrons. The van der Waals surface area contributed by atoms with Gasteiger partial charge in [-0.05, 0) is 31.0 Å². The Morgan fingerprint density at radius 3 is 2.59 bits per heavy atom. The zero-order valence-electron chi connectivity index (χ0n) is 10.9. The molecule has 1 saturated carbocycles. The number of hydrogen-bond acceptors (Lipinski definition) is 2. The molecule has 0 bridgehead atoms. The SMILES string of the molecule is CN(Cc1cccc(CN)c1)C1CCCCC1. The van der Waals surface area contributed by atoms with Gasteiger partial charge in [-0.2, -0.15) is 0 Å². The van der Waals surface area contributed by atoms with Crippen LogP contribution in [0.3, 0.4) is 0 Å². The molecular weight excluding hydrogens is 208 g/mol. The summed E-state index contributed by atoms with van der Waals surface area (Å²) in [6.45, 7) is 1.69. The van der Waals surface area contributed by atoms with E-state index >= 15 is 0 Å². The van der Waals surface area contributed by atoms with E-state index in [1.165, 1.54) is 43.2 Å². The van der Waals surface area contributed by atoms with Gasteiger partial charge in [-0.15, -0.1) is 0 Å². The van der Waals surface area contributed by atoms with Gasteiger partial charge in [0.05, 0.1) is 0 Å². The topological polar surface area (TPSA) is 29.3 Å². The highest BCUT2D eigenvalue weighted by Gasteiger charge is 2.17. The lowest BCUT2D eigenvalue weighted by atomic mass is 9.94. The van der Waals surface area contributed by atoms with E-state index < -0.39 is 0 Å². The summed E-state index contributed by atoms with van der Waals surface area (Å²) in [4.78, 5) is 2.51. The quantitative estimate of drug-likeness (QED) is 0.865. The Morgan fingerprint density at radius 1 is 1.18 bits per heavy atom. The van der Waals surface area contributed by atoms with E-state index in [4.69, 9.17) is 5.73 Å². The highest BCUT2D eigenvalue weighted by Crippen LogP contribution is 2.22. The summed E-state index contributed by atoms with van der Waals surface area (Å²) in [5.41, 5.74) is 8.30. The van der Waals surface area contributed by atoms with Crippen molar-refractivity contribution in [2.24, 2.45) is 5.73 Å². The van der Waals surface area contributed by atoms with Crippen molar-refractivity contribution in [1.82, 2.24) is 4.90 Å². The fourth-order valence-electron chi connectivity index (χ4n) is 2.79. The van der Waals surface area contributed by atoms with E-state index in [0.717, 1.165) is 12.6 Å². The maximum atomic E-state index is 5.68. The van der Waals surface area contributed by atoms with E-state index in [2.05, 4.69) is 36.2 Å². The molecule has 1 aliphatic rings. The Morgan fingerprint density at radius 2 is 1.88 bits per heavy atom. The van der Waals surface area contributed by atoms with Crippen LogP contribution in [0.4, 0.5) is 0 Å². The third-order valence-corrected chi connectivity index (χ3v) is 3.86. The summed E-state index contributed by atoms with van der Waals surface area (Å²) in [5.74, 6) is 0. The molecule has 1 fully saturated rings. The van der Waals surface area contributed by atoms with Gasteiger partial charge in [0.2, 0.25) is 0 Å². The van der Waals surface area contributed by atoms with Crippen LogP contribution in [0.5, 0.6) is 0 Å². The summed E-state index contributed by atoms with van der Waals surface area (Å²) in [6, 6.07) is 9.44. The van der Waals surface area contributed by atoms with Crippen LogP contribution in [-0.2, 0) is 13.1 Å². The maximum absolute atomic E-state index is 5.68. The molecule has 2 N–H and O–H groups in total. The van der Waals surface area contributed by atoms with E-state index in [-0.39, 0.29) is 0 Å². The van der Waals surface area contributed by atoms with Crippen molar-refractivity contribution in [2.45, 2.75) is 51.2 Å². The van der Waals surface area contributed by atoms with Gasteiger partial charge >= 0.3 is 0 Å². The van der Waals surface area contributed by atoms with Crippen molar-refractivity contribution in [3.8, 4) is 0 Å². The lowest BCUT2D eigenvalue weighted by Gasteiger charge is -2.31. The van der Waals surface area contributed by atoms with Crippen LogP contribution in [0.1, 0.15) is 43.2 Å².